The molecule has 1 fully saturated rings. The van der Waals surface area contributed by atoms with Gasteiger partial charge in [0.15, 0.2) is 0 Å². The number of aliphatic hydroxyl groups excluding tert-OH is 1. The van der Waals surface area contributed by atoms with Crippen molar-refractivity contribution in [2.45, 2.75) is 6.04 Å². The fourth-order valence-corrected chi connectivity index (χ4v) is 3.35. The Labute approximate surface area is 119 Å². The molecule has 1 saturated heterocycles. The molecule has 0 bridgehead atoms. The lowest BCUT2D eigenvalue weighted by molar-refractivity contribution is -0.0181. The lowest BCUT2D eigenvalue weighted by Crippen LogP contribution is -2.50. The summed E-state index contributed by atoms with van der Waals surface area (Å²) in [5, 5.41) is 9.35. The summed E-state index contributed by atoms with van der Waals surface area (Å²) in [4.78, 5) is 18.9. The van der Waals surface area contributed by atoms with Crippen molar-refractivity contribution in [3.63, 3.8) is 0 Å². The Morgan fingerprint density at radius 2 is 2.50 bits per heavy atom. The van der Waals surface area contributed by atoms with Crippen LogP contribution in [0.1, 0.15) is 9.67 Å². The molecular formula is C13H15N3O3S. The number of pyridine rings is 1. The molecule has 3 heterocycles. The monoisotopic (exact) mass is 293 g/mol. The minimum absolute atomic E-state index is 0.116. The van der Waals surface area contributed by atoms with Gasteiger partial charge in [-0.1, -0.05) is 0 Å². The van der Waals surface area contributed by atoms with Crippen molar-refractivity contribution in [3.8, 4) is 0 Å². The summed E-state index contributed by atoms with van der Waals surface area (Å²) in [7, 11) is 0. The molecule has 0 aromatic carbocycles. The second kappa shape index (κ2) is 5.35. The van der Waals surface area contributed by atoms with E-state index < -0.39 is 0 Å². The molecule has 1 aliphatic rings. The highest BCUT2D eigenvalue weighted by Gasteiger charge is 2.30. The molecule has 0 saturated carbocycles. The van der Waals surface area contributed by atoms with Gasteiger partial charge < -0.3 is 20.5 Å². The van der Waals surface area contributed by atoms with Gasteiger partial charge in [-0.3, -0.25) is 9.78 Å². The first-order valence-corrected chi connectivity index (χ1v) is 7.16. The van der Waals surface area contributed by atoms with Gasteiger partial charge in [0.2, 0.25) is 0 Å². The Balaban J connectivity index is 1.97. The zero-order valence-electron chi connectivity index (χ0n) is 10.8. The second-order valence-corrected chi connectivity index (χ2v) is 5.66. The lowest BCUT2D eigenvalue weighted by Gasteiger charge is -2.34. The highest BCUT2D eigenvalue weighted by atomic mass is 32.1. The van der Waals surface area contributed by atoms with E-state index in [0.717, 1.165) is 4.70 Å². The molecule has 7 heteroatoms. The second-order valence-electron chi connectivity index (χ2n) is 4.60. The highest BCUT2D eigenvalue weighted by Crippen LogP contribution is 2.33. The number of ether oxygens (including phenoxy) is 1. The first-order valence-electron chi connectivity index (χ1n) is 6.35. The molecular weight excluding hydrogens is 278 g/mol. The molecule has 20 heavy (non-hydrogen) atoms. The molecule has 2 aromatic heterocycles. The molecule has 3 N–H and O–H groups in total. The fraction of sp³-hybridized carbons (Fsp3) is 0.385. The third kappa shape index (κ3) is 2.13. The van der Waals surface area contributed by atoms with Crippen molar-refractivity contribution in [1.82, 2.24) is 9.88 Å². The fourth-order valence-electron chi connectivity index (χ4n) is 2.31. The Bertz CT molecular complexity index is 643. The van der Waals surface area contributed by atoms with Crippen LogP contribution in [0.25, 0.3) is 10.2 Å². The van der Waals surface area contributed by atoms with E-state index in [4.69, 9.17) is 10.5 Å². The zero-order chi connectivity index (χ0) is 14.1. The summed E-state index contributed by atoms with van der Waals surface area (Å²) in [6, 6.07) is 3.40. The van der Waals surface area contributed by atoms with Gasteiger partial charge in [0.25, 0.3) is 5.91 Å². The van der Waals surface area contributed by atoms with Crippen LogP contribution >= 0.6 is 11.3 Å². The number of amides is 1. The van der Waals surface area contributed by atoms with E-state index in [1.165, 1.54) is 11.3 Å². The molecule has 3 rings (SSSR count). The van der Waals surface area contributed by atoms with Gasteiger partial charge in [-0.25, -0.2) is 0 Å². The van der Waals surface area contributed by atoms with E-state index in [0.29, 0.717) is 35.8 Å². The molecule has 2 aromatic rings. The average Bonchev–Trinajstić information content (AvgIpc) is 2.84. The number of anilines is 1. The number of aromatic nitrogens is 1. The van der Waals surface area contributed by atoms with Crippen LogP contribution in [0.3, 0.4) is 0 Å². The number of carbonyl (C=O) groups excluding carboxylic acids is 1. The van der Waals surface area contributed by atoms with Crippen molar-refractivity contribution in [3.05, 3.63) is 23.2 Å². The summed E-state index contributed by atoms with van der Waals surface area (Å²) >= 11 is 1.34. The number of rotatable bonds is 2. The topological polar surface area (TPSA) is 88.7 Å². The summed E-state index contributed by atoms with van der Waals surface area (Å²) in [6.07, 6.45) is 1.66. The molecule has 0 aliphatic carbocycles. The van der Waals surface area contributed by atoms with E-state index in [2.05, 4.69) is 4.98 Å². The summed E-state index contributed by atoms with van der Waals surface area (Å²) in [5.41, 5.74) is 7.12. The normalized spacial score (nSPS) is 19.4. The number of carbonyl (C=O) groups is 1. The maximum Gasteiger partial charge on any atom is 0.266 e. The zero-order valence-corrected chi connectivity index (χ0v) is 11.6. The van der Waals surface area contributed by atoms with Crippen LogP contribution in [0.5, 0.6) is 0 Å². The average molecular weight is 293 g/mol. The number of hydrogen-bond acceptors (Lipinski definition) is 6. The number of fused-ring (bicyclic) bond motifs is 1. The largest absolute Gasteiger partial charge is 0.396 e. The number of aliphatic hydroxyl groups is 1. The molecule has 1 unspecified atom stereocenters. The summed E-state index contributed by atoms with van der Waals surface area (Å²) in [5.74, 6) is -0.159. The molecule has 0 radical (unpaired) electrons. The van der Waals surface area contributed by atoms with E-state index in [1.807, 2.05) is 12.1 Å². The van der Waals surface area contributed by atoms with Crippen LogP contribution in [0.15, 0.2) is 18.3 Å². The van der Waals surface area contributed by atoms with Gasteiger partial charge in [0.1, 0.15) is 10.4 Å². The molecule has 106 valence electrons. The van der Waals surface area contributed by atoms with Crippen molar-refractivity contribution in [2.24, 2.45) is 0 Å². The molecule has 1 amide bonds. The van der Waals surface area contributed by atoms with Gasteiger partial charge in [0, 0.05) is 12.7 Å². The van der Waals surface area contributed by atoms with Gasteiger partial charge in [0.05, 0.1) is 36.2 Å². The number of thiophene rings is 1. The molecule has 6 nitrogen and oxygen atoms in total. The predicted octanol–water partition coefficient (Wildman–Crippen LogP) is 0.712. The summed E-state index contributed by atoms with van der Waals surface area (Å²) in [6.45, 7) is 1.18. The smallest absolute Gasteiger partial charge is 0.266 e. The van der Waals surface area contributed by atoms with Gasteiger partial charge in [-0.15, -0.1) is 11.3 Å². The van der Waals surface area contributed by atoms with Crippen LogP contribution < -0.4 is 5.73 Å². The predicted molar refractivity (Wildman–Crippen MR) is 76.8 cm³/mol. The molecule has 1 atom stereocenters. The van der Waals surface area contributed by atoms with Crippen LogP contribution in [0, 0.1) is 0 Å². The third-order valence-corrected chi connectivity index (χ3v) is 4.52. The van der Waals surface area contributed by atoms with E-state index in [9.17, 15) is 9.90 Å². The van der Waals surface area contributed by atoms with Gasteiger partial charge in [-0.05, 0) is 12.1 Å². The van der Waals surface area contributed by atoms with E-state index >= 15 is 0 Å². The highest BCUT2D eigenvalue weighted by molar-refractivity contribution is 7.21. The summed E-state index contributed by atoms with van der Waals surface area (Å²) < 4.78 is 6.18. The van der Waals surface area contributed by atoms with E-state index in [-0.39, 0.29) is 18.6 Å². The number of nitrogens with zero attached hydrogens (tertiary/aromatic N) is 2. The van der Waals surface area contributed by atoms with Crippen LogP contribution in [0.4, 0.5) is 5.69 Å². The number of nitrogen functional groups attached to an aromatic ring is 1. The van der Waals surface area contributed by atoms with E-state index in [1.54, 1.807) is 11.1 Å². The van der Waals surface area contributed by atoms with Gasteiger partial charge >= 0.3 is 0 Å². The van der Waals surface area contributed by atoms with Crippen LogP contribution in [-0.2, 0) is 4.74 Å². The first-order chi connectivity index (χ1) is 9.72. The quantitative estimate of drug-likeness (QED) is 0.851. The SMILES string of the molecule is Nc1c(C(=O)N2CCOCC2CO)sc2cccnc12. The van der Waals surface area contributed by atoms with Crippen molar-refractivity contribution in [2.75, 3.05) is 32.1 Å². The number of nitrogens with two attached hydrogens (primary N) is 1. The maximum absolute atomic E-state index is 12.6. The minimum atomic E-state index is -0.311. The standard InChI is InChI=1S/C13H15N3O3S/c14-10-11-9(2-1-3-15-11)20-12(10)13(18)16-4-5-19-7-8(16)6-17/h1-3,8,17H,4-7,14H2. The minimum Gasteiger partial charge on any atom is -0.396 e. The number of morpholine rings is 1. The third-order valence-electron chi connectivity index (χ3n) is 3.38. The Morgan fingerprint density at radius 1 is 1.65 bits per heavy atom. The molecule has 0 spiro atoms. The van der Waals surface area contributed by atoms with Crippen molar-refractivity contribution < 1.29 is 14.6 Å². The van der Waals surface area contributed by atoms with Crippen molar-refractivity contribution in [1.29, 1.82) is 0 Å². The first kappa shape index (κ1) is 13.3. The molecule has 1 aliphatic heterocycles. The lowest BCUT2D eigenvalue weighted by atomic mass is 10.2. The Hall–Kier alpha value is -1.70. The van der Waals surface area contributed by atoms with Gasteiger partial charge in [-0.2, -0.15) is 0 Å². The van der Waals surface area contributed by atoms with Crippen LogP contribution in [-0.4, -0.2) is 53.3 Å². The van der Waals surface area contributed by atoms with Crippen molar-refractivity contribution >= 4 is 33.1 Å². The Kier molecular flexibility index (Phi) is 3.56. The maximum atomic E-state index is 12.6. The Morgan fingerprint density at radius 3 is 3.25 bits per heavy atom. The number of hydrogen-bond donors (Lipinski definition) is 2. The van der Waals surface area contributed by atoms with Crippen LogP contribution in [0.2, 0.25) is 0 Å².